The summed E-state index contributed by atoms with van der Waals surface area (Å²) in [6.07, 6.45) is 4.21. The van der Waals surface area contributed by atoms with Crippen LogP contribution in [-0.4, -0.2) is 64.7 Å². The summed E-state index contributed by atoms with van der Waals surface area (Å²) in [4.78, 5) is 31.0. The van der Waals surface area contributed by atoms with Crippen LogP contribution >= 0.6 is 11.6 Å². The van der Waals surface area contributed by atoms with Gasteiger partial charge >= 0.3 is 0 Å². The van der Waals surface area contributed by atoms with Crippen molar-refractivity contribution in [3.05, 3.63) is 67.1 Å². The Bertz CT molecular complexity index is 1150. The number of aryl methyl sites for hydroxylation is 2. The van der Waals surface area contributed by atoms with E-state index in [-0.39, 0.29) is 24.8 Å². The molecular formula is C28H41ClN4O3. The van der Waals surface area contributed by atoms with Crippen LogP contribution in [0.1, 0.15) is 77.0 Å². The van der Waals surface area contributed by atoms with E-state index in [1.165, 1.54) is 0 Å². The van der Waals surface area contributed by atoms with Crippen molar-refractivity contribution in [2.45, 2.75) is 78.0 Å². The van der Waals surface area contributed by atoms with E-state index in [1.807, 2.05) is 32.9 Å². The van der Waals surface area contributed by atoms with Gasteiger partial charge in [0.2, 0.25) is 5.91 Å². The highest BCUT2D eigenvalue weighted by atomic mass is 35.5. The van der Waals surface area contributed by atoms with Crippen molar-refractivity contribution in [3.8, 4) is 0 Å². The smallest absolute Gasteiger partial charge is 0.256 e. The maximum absolute atomic E-state index is 14.0. The summed E-state index contributed by atoms with van der Waals surface area (Å²) in [5.74, 6) is -0.539. The highest BCUT2D eigenvalue weighted by Gasteiger charge is 2.35. The molecule has 0 saturated heterocycles. The fraction of sp³-hybridized carbons (Fsp3) is 0.571. The number of rotatable bonds is 9. The van der Waals surface area contributed by atoms with Crippen LogP contribution < -0.4 is 11.3 Å². The van der Waals surface area contributed by atoms with Gasteiger partial charge in [-0.15, -0.1) is 0 Å². The number of hydrogen-bond acceptors (Lipinski definition) is 5. The molecule has 1 aromatic carbocycles. The number of hydrogen-bond donors (Lipinski definition) is 2. The molecule has 1 aliphatic carbocycles. The molecule has 1 fully saturated rings. The van der Waals surface area contributed by atoms with Gasteiger partial charge in [-0.25, -0.2) is 0 Å². The fourth-order valence-corrected chi connectivity index (χ4v) is 6.18. The molecule has 7 nitrogen and oxygen atoms in total. The Hall–Kier alpha value is -2.19. The topological polar surface area (TPSA) is 91.8 Å². The molecule has 36 heavy (non-hydrogen) atoms. The van der Waals surface area contributed by atoms with Crippen LogP contribution in [0.15, 0.2) is 23.0 Å². The van der Waals surface area contributed by atoms with Crippen LogP contribution in [0.5, 0.6) is 0 Å². The Morgan fingerprint density at radius 2 is 1.75 bits per heavy atom. The molecule has 8 heteroatoms. The molecule has 1 aliphatic rings. The van der Waals surface area contributed by atoms with E-state index in [4.69, 9.17) is 17.3 Å². The molecule has 198 valence electrons. The van der Waals surface area contributed by atoms with Crippen molar-refractivity contribution >= 4 is 17.5 Å². The zero-order valence-corrected chi connectivity index (χ0v) is 23.2. The van der Waals surface area contributed by atoms with Gasteiger partial charge in [0, 0.05) is 40.5 Å². The molecular weight excluding hydrogens is 476 g/mol. The number of halogens is 1. The van der Waals surface area contributed by atoms with Crippen molar-refractivity contribution in [2.75, 3.05) is 27.2 Å². The first-order valence-corrected chi connectivity index (χ1v) is 13.2. The van der Waals surface area contributed by atoms with Crippen LogP contribution in [0.4, 0.5) is 0 Å². The van der Waals surface area contributed by atoms with Crippen LogP contribution in [0.25, 0.3) is 0 Å². The molecule has 1 atom stereocenters. The SMILES string of the molecule is CCN(C1CCC(N(C)C)CC1)C(c1cc(Cl)cc(C(N)=O)c1C)c1c(C)cc(C)n(CCO)c1=O. The summed E-state index contributed by atoms with van der Waals surface area (Å²) in [5, 5.41) is 10.1. The molecule has 3 rings (SSSR count). The number of pyridine rings is 1. The number of amides is 1. The van der Waals surface area contributed by atoms with Crippen LogP contribution in [-0.2, 0) is 6.54 Å². The summed E-state index contributed by atoms with van der Waals surface area (Å²) in [6.45, 7) is 8.69. The molecule has 1 unspecified atom stereocenters. The van der Waals surface area contributed by atoms with E-state index < -0.39 is 11.9 Å². The van der Waals surface area contributed by atoms with Gasteiger partial charge in [-0.1, -0.05) is 18.5 Å². The van der Waals surface area contributed by atoms with Crippen LogP contribution in [0, 0.1) is 20.8 Å². The van der Waals surface area contributed by atoms with E-state index in [0.29, 0.717) is 22.2 Å². The fourth-order valence-electron chi connectivity index (χ4n) is 5.95. The molecule has 0 radical (unpaired) electrons. The minimum Gasteiger partial charge on any atom is -0.395 e. The number of nitrogens with zero attached hydrogens (tertiary/aromatic N) is 3. The minimum absolute atomic E-state index is 0.119. The van der Waals surface area contributed by atoms with Crippen molar-refractivity contribution in [1.29, 1.82) is 0 Å². The first kappa shape index (κ1) is 28.4. The van der Waals surface area contributed by atoms with Gasteiger partial charge in [0.25, 0.3) is 5.56 Å². The zero-order chi connectivity index (χ0) is 26.7. The largest absolute Gasteiger partial charge is 0.395 e. The average molecular weight is 517 g/mol. The second-order valence-corrected chi connectivity index (χ2v) is 10.7. The first-order chi connectivity index (χ1) is 17.0. The standard InChI is InChI=1S/C28H41ClN4O3/c1-7-32(22-10-8-21(9-11-22)31(5)6)26(23-15-20(29)16-24(19(23)4)27(30)35)25-17(2)14-18(3)33(12-13-34)28(25)36/h14-16,21-22,26,34H,7-13H2,1-6H3,(H2,30,35). The third kappa shape index (κ3) is 5.70. The number of nitrogens with two attached hydrogens (primary N) is 1. The third-order valence-corrected chi connectivity index (χ3v) is 8.10. The summed E-state index contributed by atoms with van der Waals surface area (Å²) < 4.78 is 1.64. The Balaban J connectivity index is 2.27. The Morgan fingerprint density at radius 3 is 2.28 bits per heavy atom. The zero-order valence-electron chi connectivity index (χ0n) is 22.5. The molecule has 1 saturated carbocycles. The molecule has 1 amide bonds. The second kappa shape index (κ2) is 11.9. The lowest BCUT2D eigenvalue weighted by Gasteiger charge is -2.43. The molecule has 0 bridgehead atoms. The highest BCUT2D eigenvalue weighted by molar-refractivity contribution is 6.31. The number of aliphatic hydroxyl groups excluding tert-OH is 1. The van der Waals surface area contributed by atoms with Gasteiger partial charge in [-0.3, -0.25) is 14.5 Å². The molecule has 2 aromatic rings. The molecule has 0 aliphatic heterocycles. The number of aliphatic hydroxyl groups is 1. The average Bonchev–Trinajstić information content (AvgIpc) is 2.82. The maximum Gasteiger partial charge on any atom is 0.256 e. The van der Waals surface area contributed by atoms with Gasteiger partial charge in [0.15, 0.2) is 0 Å². The monoisotopic (exact) mass is 516 g/mol. The van der Waals surface area contributed by atoms with E-state index in [0.717, 1.165) is 54.6 Å². The van der Waals surface area contributed by atoms with Gasteiger partial charge < -0.3 is 20.3 Å². The van der Waals surface area contributed by atoms with Gasteiger partial charge in [0.05, 0.1) is 12.6 Å². The van der Waals surface area contributed by atoms with Gasteiger partial charge in [-0.2, -0.15) is 0 Å². The molecule has 3 N–H and O–H groups in total. The third-order valence-electron chi connectivity index (χ3n) is 7.88. The van der Waals surface area contributed by atoms with E-state index in [9.17, 15) is 14.7 Å². The lowest BCUT2D eigenvalue weighted by Crippen LogP contribution is -2.46. The predicted molar refractivity (Wildman–Crippen MR) is 146 cm³/mol. The van der Waals surface area contributed by atoms with Crippen molar-refractivity contribution in [1.82, 2.24) is 14.4 Å². The maximum atomic E-state index is 14.0. The molecule has 0 spiro atoms. The summed E-state index contributed by atoms with van der Waals surface area (Å²) in [7, 11) is 4.26. The van der Waals surface area contributed by atoms with E-state index in [1.54, 1.807) is 10.6 Å². The van der Waals surface area contributed by atoms with Crippen molar-refractivity contribution in [2.24, 2.45) is 5.73 Å². The van der Waals surface area contributed by atoms with Crippen molar-refractivity contribution in [3.63, 3.8) is 0 Å². The lowest BCUT2D eigenvalue weighted by molar-refractivity contribution is 0.0970. The summed E-state index contributed by atoms with van der Waals surface area (Å²) >= 11 is 6.52. The van der Waals surface area contributed by atoms with Gasteiger partial charge in [-0.05, 0) is 102 Å². The minimum atomic E-state index is -0.539. The number of carbonyl (C=O) groups is 1. The number of primary amides is 1. The van der Waals surface area contributed by atoms with Crippen LogP contribution in [0.3, 0.4) is 0 Å². The quantitative estimate of drug-likeness (QED) is 0.529. The number of aromatic nitrogens is 1. The summed E-state index contributed by atoms with van der Waals surface area (Å²) in [6, 6.07) is 5.91. The van der Waals surface area contributed by atoms with E-state index in [2.05, 4.69) is 30.8 Å². The molecule has 1 heterocycles. The predicted octanol–water partition coefficient (Wildman–Crippen LogP) is 3.80. The lowest BCUT2D eigenvalue weighted by atomic mass is 9.84. The normalized spacial score (nSPS) is 19.2. The first-order valence-electron chi connectivity index (χ1n) is 12.9. The van der Waals surface area contributed by atoms with E-state index >= 15 is 0 Å². The van der Waals surface area contributed by atoms with Crippen LogP contribution in [0.2, 0.25) is 5.02 Å². The number of benzene rings is 1. The second-order valence-electron chi connectivity index (χ2n) is 10.3. The Morgan fingerprint density at radius 1 is 1.14 bits per heavy atom. The van der Waals surface area contributed by atoms with Gasteiger partial charge in [0.1, 0.15) is 0 Å². The number of carbonyl (C=O) groups excluding carboxylic acids is 1. The molecule has 1 aromatic heterocycles. The summed E-state index contributed by atoms with van der Waals surface area (Å²) in [5.41, 5.74) is 9.89. The highest BCUT2D eigenvalue weighted by Crippen LogP contribution is 2.38. The van der Waals surface area contributed by atoms with Crippen molar-refractivity contribution < 1.29 is 9.90 Å². The Kier molecular flexibility index (Phi) is 9.39. The Labute approximate surface area is 219 Å².